The van der Waals surface area contributed by atoms with Gasteiger partial charge in [-0.25, -0.2) is 4.39 Å². The van der Waals surface area contributed by atoms with E-state index in [2.05, 4.69) is 19.2 Å². The monoisotopic (exact) mass is 294 g/mol. The van der Waals surface area contributed by atoms with Crippen molar-refractivity contribution in [2.24, 2.45) is 17.6 Å². The van der Waals surface area contributed by atoms with E-state index in [0.29, 0.717) is 18.4 Å². The maximum absolute atomic E-state index is 13.6. The molecule has 4 heteroatoms. The topological polar surface area (TPSA) is 47.3 Å². The first kappa shape index (κ1) is 16.1. The minimum Gasteiger partial charge on any atom is -0.494 e. The number of anilines is 1. The number of hydrogen-bond donors (Lipinski definition) is 2. The van der Waals surface area contributed by atoms with Crippen molar-refractivity contribution in [3.8, 4) is 5.75 Å². The van der Waals surface area contributed by atoms with E-state index in [1.165, 1.54) is 32.4 Å². The molecule has 3 nitrogen and oxygen atoms in total. The summed E-state index contributed by atoms with van der Waals surface area (Å²) in [5.41, 5.74) is 6.93. The highest BCUT2D eigenvalue weighted by molar-refractivity contribution is 5.51. The van der Waals surface area contributed by atoms with Gasteiger partial charge >= 0.3 is 0 Å². The zero-order valence-electron chi connectivity index (χ0n) is 13.3. The Morgan fingerprint density at radius 3 is 2.81 bits per heavy atom. The number of hydrogen-bond acceptors (Lipinski definition) is 3. The lowest BCUT2D eigenvalue weighted by Crippen LogP contribution is -2.55. The first-order valence-electron chi connectivity index (χ1n) is 7.84. The summed E-state index contributed by atoms with van der Waals surface area (Å²) in [4.78, 5) is 0. The van der Waals surface area contributed by atoms with Crippen molar-refractivity contribution < 1.29 is 9.13 Å². The minimum absolute atomic E-state index is 0.102. The number of rotatable bonds is 5. The molecular formula is C17H27FN2O. The van der Waals surface area contributed by atoms with Crippen LogP contribution in [0, 0.1) is 17.7 Å². The predicted molar refractivity (Wildman–Crippen MR) is 85.2 cm³/mol. The summed E-state index contributed by atoms with van der Waals surface area (Å²) in [5.74, 6) is 1.04. The van der Waals surface area contributed by atoms with Crippen molar-refractivity contribution >= 4 is 5.69 Å². The molecule has 2 rings (SSSR count). The standard InChI is InChI=1S/C17H27FN2O/c1-12(2)14-6-4-5-9-17(14,11-19)20-13-7-8-15(18)16(10-13)21-3/h7-8,10,12,14,20H,4-6,9,11,19H2,1-3H3. The number of nitrogens with one attached hydrogen (secondary N) is 1. The Hall–Kier alpha value is -1.29. The van der Waals surface area contributed by atoms with Crippen LogP contribution in [0.3, 0.4) is 0 Å². The maximum Gasteiger partial charge on any atom is 0.165 e. The van der Waals surface area contributed by atoms with E-state index >= 15 is 0 Å². The van der Waals surface area contributed by atoms with Gasteiger partial charge in [0.25, 0.3) is 0 Å². The fourth-order valence-electron chi connectivity index (χ4n) is 3.72. The van der Waals surface area contributed by atoms with Gasteiger partial charge in [0.15, 0.2) is 11.6 Å². The van der Waals surface area contributed by atoms with E-state index < -0.39 is 0 Å². The molecule has 3 N–H and O–H groups in total. The van der Waals surface area contributed by atoms with Crippen LogP contribution in [0.1, 0.15) is 39.5 Å². The molecule has 1 aliphatic carbocycles. The molecule has 2 unspecified atom stereocenters. The summed E-state index contributed by atoms with van der Waals surface area (Å²) in [6, 6.07) is 4.93. The molecule has 0 heterocycles. The van der Waals surface area contributed by atoms with Crippen LogP contribution in [0.4, 0.5) is 10.1 Å². The van der Waals surface area contributed by atoms with Gasteiger partial charge in [-0.15, -0.1) is 0 Å². The third-order valence-electron chi connectivity index (χ3n) is 4.81. The van der Waals surface area contributed by atoms with Gasteiger partial charge in [-0.1, -0.05) is 26.7 Å². The van der Waals surface area contributed by atoms with Crippen molar-refractivity contribution in [2.75, 3.05) is 19.0 Å². The Morgan fingerprint density at radius 1 is 1.43 bits per heavy atom. The van der Waals surface area contributed by atoms with Crippen LogP contribution in [0.25, 0.3) is 0 Å². The molecule has 0 spiro atoms. The van der Waals surface area contributed by atoms with E-state index in [1.807, 2.05) is 0 Å². The average molecular weight is 294 g/mol. The lowest BCUT2D eigenvalue weighted by Gasteiger charge is -2.47. The third kappa shape index (κ3) is 3.31. The van der Waals surface area contributed by atoms with Gasteiger partial charge in [-0.05, 0) is 36.8 Å². The fourth-order valence-corrected chi connectivity index (χ4v) is 3.72. The molecule has 0 radical (unpaired) electrons. The zero-order valence-corrected chi connectivity index (χ0v) is 13.3. The molecule has 1 aliphatic rings. The van der Waals surface area contributed by atoms with Gasteiger partial charge in [0.2, 0.25) is 0 Å². The molecule has 21 heavy (non-hydrogen) atoms. The smallest absolute Gasteiger partial charge is 0.165 e. The highest BCUT2D eigenvalue weighted by Gasteiger charge is 2.41. The predicted octanol–water partition coefficient (Wildman–Crippen LogP) is 3.79. The second-order valence-electron chi connectivity index (χ2n) is 6.43. The minimum atomic E-state index is -0.339. The molecule has 1 saturated carbocycles. The molecule has 0 aliphatic heterocycles. The van der Waals surface area contributed by atoms with Crippen LogP contribution in [0.2, 0.25) is 0 Å². The molecule has 2 atom stereocenters. The SMILES string of the molecule is COc1cc(NC2(CN)CCCCC2C(C)C)ccc1F. The summed E-state index contributed by atoms with van der Waals surface area (Å²) in [6.45, 7) is 5.11. The number of halogens is 1. The van der Waals surface area contributed by atoms with Gasteiger partial charge in [0.05, 0.1) is 12.6 Å². The molecule has 0 amide bonds. The second-order valence-corrected chi connectivity index (χ2v) is 6.43. The number of benzene rings is 1. The van der Waals surface area contributed by atoms with Gasteiger partial charge in [0.1, 0.15) is 0 Å². The van der Waals surface area contributed by atoms with Crippen molar-refractivity contribution in [2.45, 2.75) is 45.1 Å². The molecule has 118 valence electrons. The van der Waals surface area contributed by atoms with Crippen LogP contribution in [0.5, 0.6) is 5.75 Å². The third-order valence-corrected chi connectivity index (χ3v) is 4.81. The molecule has 1 fully saturated rings. The molecule has 0 aromatic heterocycles. The normalized spacial score (nSPS) is 25.9. The summed E-state index contributed by atoms with van der Waals surface area (Å²) >= 11 is 0. The highest BCUT2D eigenvalue weighted by atomic mass is 19.1. The first-order chi connectivity index (χ1) is 10.0. The van der Waals surface area contributed by atoms with Crippen LogP contribution < -0.4 is 15.8 Å². The van der Waals surface area contributed by atoms with Crippen LogP contribution >= 0.6 is 0 Å². The van der Waals surface area contributed by atoms with E-state index in [4.69, 9.17) is 10.5 Å². The summed E-state index contributed by atoms with van der Waals surface area (Å²) in [7, 11) is 1.48. The number of methoxy groups -OCH3 is 1. The average Bonchev–Trinajstić information content (AvgIpc) is 2.49. The summed E-state index contributed by atoms with van der Waals surface area (Å²) in [5, 5.41) is 3.61. The van der Waals surface area contributed by atoms with Gasteiger partial charge in [-0.2, -0.15) is 0 Å². The maximum atomic E-state index is 13.6. The Kier molecular flexibility index (Phi) is 5.09. The Labute approximate surface area is 127 Å². The molecule has 1 aromatic carbocycles. The first-order valence-corrected chi connectivity index (χ1v) is 7.84. The van der Waals surface area contributed by atoms with Crippen molar-refractivity contribution in [1.29, 1.82) is 0 Å². The highest BCUT2D eigenvalue weighted by Crippen LogP contribution is 2.40. The number of ether oxygens (including phenoxy) is 1. The van der Waals surface area contributed by atoms with Crippen LogP contribution in [-0.2, 0) is 0 Å². The van der Waals surface area contributed by atoms with E-state index in [-0.39, 0.29) is 17.1 Å². The van der Waals surface area contributed by atoms with Gasteiger partial charge < -0.3 is 15.8 Å². The molecule has 1 aromatic rings. The Morgan fingerprint density at radius 2 is 2.19 bits per heavy atom. The van der Waals surface area contributed by atoms with E-state index in [0.717, 1.165) is 12.1 Å². The van der Waals surface area contributed by atoms with E-state index in [1.54, 1.807) is 12.1 Å². The molecular weight excluding hydrogens is 267 g/mol. The summed E-state index contributed by atoms with van der Waals surface area (Å²) < 4.78 is 18.6. The lowest BCUT2D eigenvalue weighted by atomic mass is 9.67. The lowest BCUT2D eigenvalue weighted by molar-refractivity contribution is 0.166. The van der Waals surface area contributed by atoms with Crippen molar-refractivity contribution in [3.63, 3.8) is 0 Å². The number of nitrogens with two attached hydrogens (primary N) is 1. The Bertz CT molecular complexity index is 478. The largest absolute Gasteiger partial charge is 0.494 e. The molecule has 0 saturated heterocycles. The zero-order chi connectivity index (χ0) is 15.5. The Balaban J connectivity index is 2.28. The second kappa shape index (κ2) is 6.65. The summed E-state index contributed by atoms with van der Waals surface area (Å²) in [6.07, 6.45) is 4.71. The van der Waals surface area contributed by atoms with Crippen LogP contribution in [0.15, 0.2) is 18.2 Å². The quantitative estimate of drug-likeness (QED) is 0.868. The van der Waals surface area contributed by atoms with Crippen molar-refractivity contribution in [3.05, 3.63) is 24.0 Å². The van der Waals surface area contributed by atoms with Gasteiger partial charge in [0, 0.05) is 18.3 Å². The van der Waals surface area contributed by atoms with Crippen molar-refractivity contribution in [1.82, 2.24) is 0 Å². The molecule has 0 bridgehead atoms. The van der Waals surface area contributed by atoms with Gasteiger partial charge in [-0.3, -0.25) is 0 Å². The fraction of sp³-hybridized carbons (Fsp3) is 0.647. The van der Waals surface area contributed by atoms with E-state index in [9.17, 15) is 4.39 Å². The van der Waals surface area contributed by atoms with Crippen LogP contribution in [-0.4, -0.2) is 19.2 Å².